The molecule has 1 saturated heterocycles. The van der Waals surface area contributed by atoms with Gasteiger partial charge in [0.25, 0.3) is 5.91 Å². The van der Waals surface area contributed by atoms with Crippen LogP contribution in [-0.2, 0) is 6.18 Å². The Morgan fingerprint density at radius 1 is 1.07 bits per heavy atom. The number of aliphatic hydroxyl groups is 1. The predicted molar refractivity (Wildman–Crippen MR) is 109 cm³/mol. The molecule has 3 aromatic rings. The highest BCUT2D eigenvalue weighted by molar-refractivity contribution is 6.02. The highest BCUT2D eigenvalue weighted by atomic mass is 19.4. The first-order chi connectivity index (χ1) is 14.3. The van der Waals surface area contributed by atoms with Crippen molar-refractivity contribution in [2.75, 3.05) is 19.6 Å². The minimum Gasteiger partial charge on any atom is -0.387 e. The molecule has 1 amide bonds. The molecule has 0 aromatic heterocycles. The maximum Gasteiger partial charge on any atom is 0.416 e. The molecule has 3 aromatic carbocycles. The van der Waals surface area contributed by atoms with Gasteiger partial charge in [0.1, 0.15) is 0 Å². The number of benzene rings is 3. The van der Waals surface area contributed by atoms with Gasteiger partial charge in [-0.25, -0.2) is 0 Å². The number of rotatable bonds is 5. The van der Waals surface area contributed by atoms with Crippen LogP contribution < -0.4 is 10.6 Å². The first-order valence-electron chi connectivity index (χ1n) is 9.67. The number of nitrogens with one attached hydrogen (secondary N) is 2. The molecule has 3 N–H and O–H groups in total. The highest BCUT2D eigenvalue weighted by Gasteiger charge is 2.33. The van der Waals surface area contributed by atoms with Crippen molar-refractivity contribution in [2.24, 2.45) is 0 Å². The molecular weight excluding hydrogens is 393 g/mol. The summed E-state index contributed by atoms with van der Waals surface area (Å²) in [6.07, 6.45) is -3.89. The fourth-order valence-electron chi connectivity index (χ4n) is 3.62. The van der Waals surface area contributed by atoms with E-state index in [0.29, 0.717) is 37.2 Å². The van der Waals surface area contributed by atoms with Gasteiger partial charge in [0.05, 0.1) is 11.2 Å². The van der Waals surface area contributed by atoms with Crippen molar-refractivity contribution >= 4 is 16.7 Å². The maximum absolute atomic E-state index is 12.8. The number of β-amino-alcohol motifs (C(OH)–C–C–N with tert-alkyl or cyclic N) is 1. The summed E-state index contributed by atoms with van der Waals surface area (Å²) in [6.45, 7) is 1.44. The second-order valence-electron chi connectivity index (χ2n) is 7.65. The van der Waals surface area contributed by atoms with E-state index < -0.39 is 17.3 Å². The minimum atomic E-state index is -4.37. The zero-order valence-electron chi connectivity index (χ0n) is 16.1. The molecule has 0 unspecified atom stereocenters. The predicted octanol–water partition coefficient (Wildman–Crippen LogP) is 3.98. The zero-order chi connectivity index (χ0) is 21.4. The van der Waals surface area contributed by atoms with Gasteiger partial charge in [-0.3, -0.25) is 4.79 Å². The number of carbonyl (C=O) groups is 1. The van der Waals surface area contributed by atoms with E-state index in [0.717, 1.165) is 28.5 Å². The topological polar surface area (TPSA) is 61.4 Å². The second-order valence-corrected chi connectivity index (χ2v) is 7.65. The van der Waals surface area contributed by atoms with Crippen molar-refractivity contribution in [3.05, 3.63) is 71.8 Å². The molecule has 0 atom stereocenters. The number of amides is 1. The Morgan fingerprint density at radius 3 is 2.43 bits per heavy atom. The van der Waals surface area contributed by atoms with Gasteiger partial charge in [-0.2, -0.15) is 13.2 Å². The molecular formula is C23H21F3N2O2. The van der Waals surface area contributed by atoms with Gasteiger partial charge in [0, 0.05) is 25.2 Å². The number of fused-ring (bicyclic) bond motifs is 1. The number of halogens is 3. The standard InChI is InChI=1S/C23H21F3N2O2/c24-23(25,26)18-7-4-15(5-8-18)19-3-1-2-16-12-17(6-9-20(16)19)21(29)28-11-10-22(30)13-27-14-22/h1-9,12,27,30H,10-11,13-14H2,(H,28,29). The molecule has 4 rings (SSSR count). The molecule has 30 heavy (non-hydrogen) atoms. The molecule has 4 nitrogen and oxygen atoms in total. The summed E-state index contributed by atoms with van der Waals surface area (Å²) in [6, 6.07) is 15.8. The van der Waals surface area contributed by atoms with Crippen LogP contribution in [0.3, 0.4) is 0 Å². The van der Waals surface area contributed by atoms with E-state index in [1.165, 1.54) is 12.1 Å². The number of hydrogen-bond acceptors (Lipinski definition) is 3. The van der Waals surface area contributed by atoms with Crippen LogP contribution in [0.4, 0.5) is 13.2 Å². The summed E-state index contributed by atoms with van der Waals surface area (Å²) >= 11 is 0. The molecule has 0 bridgehead atoms. The lowest BCUT2D eigenvalue weighted by Gasteiger charge is -2.37. The lowest BCUT2D eigenvalue weighted by molar-refractivity contribution is -0.137. The van der Waals surface area contributed by atoms with Gasteiger partial charge >= 0.3 is 6.18 Å². The second kappa shape index (κ2) is 7.74. The van der Waals surface area contributed by atoms with E-state index in [1.54, 1.807) is 18.2 Å². The number of hydrogen-bond donors (Lipinski definition) is 3. The Morgan fingerprint density at radius 2 is 1.80 bits per heavy atom. The third-order valence-corrected chi connectivity index (χ3v) is 5.45. The van der Waals surface area contributed by atoms with Crippen LogP contribution in [0.5, 0.6) is 0 Å². The molecule has 0 aliphatic carbocycles. The largest absolute Gasteiger partial charge is 0.416 e. The molecule has 0 radical (unpaired) electrons. The fraction of sp³-hybridized carbons (Fsp3) is 0.261. The Labute approximate surface area is 171 Å². The molecule has 1 fully saturated rings. The van der Waals surface area contributed by atoms with Gasteiger partial charge in [-0.1, -0.05) is 36.4 Å². The van der Waals surface area contributed by atoms with Crippen LogP contribution in [0.2, 0.25) is 0 Å². The highest BCUT2D eigenvalue weighted by Crippen LogP contribution is 2.33. The average molecular weight is 414 g/mol. The van der Waals surface area contributed by atoms with Crippen molar-refractivity contribution in [1.29, 1.82) is 0 Å². The normalized spacial score (nSPS) is 15.6. The summed E-state index contributed by atoms with van der Waals surface area (Å²) in [4.78, 5) is 12.5. The van der Waals surface area contributed by atoms with Crippen LogP contribution in [0.1, 0.15) is 22.3 Å². The van der Waals surface area contributed by atoms with E-state index in [4.69, 9.17) is 0 Å². The van der Waals surface area contributed by atoms with E-state index in [-0.39, 0.29) is 5.91 Å². The van der Waals surface area contributed by atoms with Crippen LogP contribution in [0.15, 0.2) is 60.7 Å². The molecule has 1 aliphatic rings. The third-order valence-electron chi connectivity index (χ3n) is 5.45. The number of alkyl halides is 3. The Bertz CT molecular complexity index is 1070. The first kappa shape index (κ1) is 20.4. The number of carbonyl (C=O) groups excluding carboxylic acids is 1. The summed E-state index contributed by atoms with van der Waals surface area (Å²) < 4.78 is 38.5. The van der Waals surface area contributed by atoms with Crippen LogP contribution in [0.25, 0.3) is 21.9 Å². The quantitative estimate of drug-likeness (QED) is 0.592. The van der Waals surface area contributed by atoms with Crippen molar-refractivity contribution < 1.29 is 23.1 Å². The SMILES string of the molecule is O=C(NCCC1(O)CNC1)c1ccc2c(-c3ccc(C(F)(F)F)cc3)cccc2c1. The maximum atomic E-state index is 12.8. The van der Waals surface area contributed by atoms with E-state index >= 15 is 0 Å². The van der Waals surface area contributed by atoms with Crippen molar-refractivity contribution in [3.63, 3.8) is 0 Å². The van der Waals surface area contributed by atoms with Crippen LogP contribution >= 0.6 is 0 Å². The average Bonchev–Trinajstić information content (AvgIpc) is 2.71. The van der Waals surface area contributed by atoms with Gasteiger partial charge in [-0.15, -0.1) is 0 Å². The summed E-state index contributed by atoms with van der Waals surface area (Å²) in [7, 11) is 0. The smallest absolute Gasteiger partial charge is 0.387 e. The Kier molecular flexibility index (Phi) is 5.26. The molecule has 0 saturated carbocycles. The van der Waals surface area contributed by atoms with Crippen molar-refractivity contribution in [1.82, 2.24) is 10.6 Å². The lowest BCUT2D eigenvalue weighted by atomic mass is 9.93. The fourth-order valence-corrected chi connectivity index (χ4v) is 3.62. The summed E-state index contributed by atoms with van der Waals surface area (Å²) in [5.41, 5.74) is 0.535. The van der Waals surface area contributed by atoms with Gasteiger partial charge in [0.2, 0.25) is 0 Å². The molecule has 1 heterocycles. The summed E-state index contributed by atoms with van der Waals surface area (Å²) in [5, 5.41) is 17.6. The molecule has 156 valence electrons. The molecule has 7 heteroatoms. The lowest BCUT2D eigenvalue weighted by Crippen LogP contribution is -2.60. The first-order valence-corrected chi connectivity index (χ1v) is 9.67. The molecule has 1 aliphatic heterocycles. The summed E-state index contributed by atoms with van der Waals surface area (Å²) in [5.74, 6) is -0.229. The van der Waals surface area contributed by atoms with Gasteiger partial charge in [0.15, 0.2) is 0 Å². The monoisotopic (exact) mass is 414 g/mol. The Hall–Kier alpha value is -2.90. The van der Waals surface area contributed by atoms with E-state index in [9.17, 15) is 23.1 Å². The van der Waals surface area contributed by atoms with Crippen molar-refractivity contribution in [3.8, 4) is 11.1 Å². The van der Waals surface area contributed by atoms with E-state index in [2.05, 4.69) is 10.6 Å². The Balaban J connectivity index is 1.54. The van der Waals surface area contributed by atoms with Gasteiger partial charge in [-0.05, 0) is 52.6 Å². The minimum absolute atomic E-state index is 0.229. The van der Waals surface area contributed by atoms with Crippen LogP contribution in [0, 0.1) is 0 Å². The van der Waals surface area contributed by atoms with Crippen LogP contribution in [-0.4, -0.2) is 36.2 Å². The van der Waals surface area contributed by atoms with E-state index in [1.807, 2.05) is 18.2 Å². The van der Waals surface area contributed by atoms with Gasteiger partial charge < -0.3 is 15.7 Å². The molecule has 0 spiro atoms. The third kappa shape index (κ3) is 4.17. The zero-order valence-corrected chi connectivity index (χ0v) is 16.1. The van der Waals surface area contributed by atoms with Crippen molar-refractivity contribution in [2.45, 2.75) is 18.2 Å².